The van der Waals surface area contributed by atoms with E-state index in [1.54, 1.807) is 52.0 Å². The molecule has 0 spiro atoms. The lowest BCUT2D eigenvalue weighted by Crippen LogP contribution is -2.45. The van der Waals surface area contributed by atoms with Crippen LogP contribution in [0.4, 0.5) is 16.2 Å². The summed E-state index contributed by atoms with van der Waals surface area (Å²) >= 11 is 0. The van der Waals surface area contributed by atoms with Gasteiger partial charge in [0.1, 0.15) is 11.6 Å². The van der Waals surface area contributed by atoms with Crippen LogP contribution in [0.2, 0.25) is 0 Å². The molecule has 1 heterocycles. The molecule has 7 heteroatoms. The molecule has 1 aliphatic rings. The lowest BCUT2D eigenvalue weighted by atomic mass is 10.2. The number of likely N-dealkylation sites (tertiary alicyclic amines) is 1. The van der Waals surface area contributed by atoms with Crippen LogP contribution in [0.5, 0.6) is 0 Å². The van der Waals surface area contributed by atoms with Crippen molar-refractivity contribution in [3.8, 4) is 0 Å². The molecule has 2 N–H and O–H groups in total. The third kappa shape index (κ3) is 5.47. The molecular formula is C19H27N3O4. The third-order valence-corrected chi connectivity index (χ3v) is 3.92. The number of carbonyl (C=O) groups is 3. The standard InChI is InChI=1S/C19H27N3O4/c1-5-16(23)20-13-8-6-9-14(12-13)21-17(24)15-10-7-11-22(15)18(25)26-19(2,3)4/h6,8-9,12,15H,5,7,10-11H2,1-4H3,(H,20,23)(H,21,24). The first-order valence-corrected chi connectivity index (χ1v) is 8.90. The van der Waals surface area contributed by atoms with E-state index in [2.05, 4.69) is 10.6 Å². The van der Waals surface area contributed by atoms with Crippen molar-refractivity contribution in [3.63, 3.8) is 0 Å². The van der Waals surface area contributed by atoms with E-state index in [1.807, 2.05) is 0 Å². The van der Waals surface area contributed by atoms with Gasteiger partial charge in [-0.2, -0.15) is 0 Å². The number of nitrogens with zero attached hydrogens (tertiary/aromatic N) is 1. The molecule has 0 saturated carbocycles. The molecule has 26 heavy (non-hydrogen) atoms. The predicted molar refractivity (Wildman–Crippen MR) is 100.0 cm³/mol. The van der Waals surface area contributed by atoms with E-state index >= 15 is 0 Å². The Kier molecular flexibility index (Phi) is 6.23. The summed E-state index contributed by atoms with van der Waals surface area (Å²) in [5, 5.41) is 5.58. The summed E-state index contributed by atoms with van der Waals surface area (Å²) in [5.74, 6) is -0.354. The Bertz CT molecular complexity index is 682. The van der Waals surface area contributed by atoms with Crippen LogP contribution in [-0.4, -0.2) is 41.0 Å². The second kappa shape index (κ2) is 8.21. The van der Waals surface area contributed by atoms with Crippen molar-refractivity contribution in [1.29, 1.82) is 0 Å². The van der Waals surface area contributed by atoms with Gasteiger partial charge in [-0.1, -0.05) is 13.0 Å². The monoisotopic (exact) mass is 361 g/mol. The van der Waals surface area contributed by atoms with Crippen LogP contribution in [0, 0.1) is 0 Å². The van der Waals surface area contributed by atoms with E-state index in [9.17, 15) is 14.4 Å². The minimum Gasteiger partial charge on any atom is -0.444 e. The molecule has 3 amide bonds. The van der Waals surface area contributed by atoms with Gasteiger partial charge in [0.15, 0.2) is 0 Å². The van der Waals surface area contributed by atoms with Crippen LogP contribution >= 0.6 is 0 Å². The molecular weight excluding hydrogens is 334 g/mol. The zero-order valence-electron chi connectivity index (χ0n) is 15.8. The molecule has 1 aromatic carbocycles. The number of amides is 3. The van der Waals surface area contributed by atoms with Gasteiger partial charge < -0.3 is 15.4 Å². The molecule has 1 saturated heterocycles. The first-order valence-electron chi connectivity index (χ1n) is 8.90. The molecule has 1 aromatic rings. The van der Waals surface area contributed by atoms with Crippen LogP contribution in [0.25, 0.3) is 0 Å². The zero-order valence-corrected chi connectivity index (χ0v) is 15.8. The van der Waals surface area contributed by atoms with Crippen molar-refractivity contribution in [2.75, 3.05) is 17.2 Å². The molecule has 0 bridgehead atoms. The molecule has 0 aliphatic carbocycles. The van der Waals surface area contributed by atoms with Crippen LogP contribution in [0.1, 0.15) is 47.0 Å². The molecule has 1 fully saturated rings. The highest BCUT2D eigenvalue weighted by Crippen LogP contribution is 2.23. The number of carbonyl (C=O) groups excluding carboxylic acids is 3. The van der Waals surface area contributed by atoms with Crippen molar-refractivity contribution in [2.24, 2.45) is 0 Å². The van der Waals surface area contributed by atoms with Gasteiger partial charge in [-0.15, -0.1) is 0 Å². The molecule has 1 atom stereocenters. The maximum atomic E-state index is 12.6. The Hall–Kier alpha value is -2.57. The largest absolute Gasteiger partial charge is 0.444 e. The average molecular weight is 361 g/mol. The van der Waals surface area contributed by atoms with E-state index in [0.717, 1.165) is 6.42 Å². The number of anilines is 2. The summed E-state index contributed by atoms with van der Waals surface area (Å²) in [6.07, 6.45) is 1.25. The Morgan fingerprint density at radius 2 is 1.85 bits per heavy atom. The van der Waals surface area contributed by atoms with Gasteiger partial charge in [0.25, 0.3) is 0 Å². The minimum absolute atomic E-state index is 0.0969. The number of hydrogen-bond acceptors (Lipinski definition) is 4. The molecule has 1 aliphatic heterocycles. The normalized spacial score (nSPS) is 16.9. The second-order valence-electron chi connectivity index (χ2n) is 7.30. The summed E-state index contributed by atoms with van der Waals surface area (Å²) in [6, 6.07) is 6.39. The van der Waals surface area contributed by atoms with Crippen LogP contribution in [0.3, 0.4) is 0 Å². The second-order valence-corrected chi connectivity index (χ2v) is 7.30. The summed E-state index contributed by atoms with van der Waals surface area (Å²) in [5.41, 5.74) is 0.581. The van der Waals surface area contributed by atoms with Gasteiger partial charge in [-0.05, 0) is 51.8 Å². The zero-order chi connectivity index (χ0) is 19.3. The number of hydrogen-bond donors (Lipinski definition) is 2. The van der Waals surface area contributed by atoms with E-state index in [1.165, 1.54) is 4.90 Å². The summed E-state index contributed by atoms with van der Waals surface area (Å²) in [6.45, 7) is 7.66. The Morgan fingerprint density at radius 3 is 2.46 bits per heavy atom. The molecule has 2 rings (SSSR count). The fourth-order valence-corrected chi connectivity index (χ4v) is 2.73. The first kappa shape index (κ1) is 19.8. The lowest BCUT2D eigenvalue weighted by Gasteiger charge is -2.28. The van der Waals surface area contributed by atoms with Crippen LogP contribution < -0.4 is 10.6 Å². The highest BCUT2D eigenvalue weighted by Gasteiger charge is 2.36. The number of nitrogens with one attached hydrogen (secondary N) is 2. The predicted octanol–water partition coefficient (Wildman–Crippen LogP) is 3.37. The molecule has 0 radical (unpaired) electrons. The van der Waals surface area contributed by atoms with E-state index in [-0.39, 0.29) is 11.8 Å². The molecule has 1 unspecified atom stereocenters. The van der Waals surface area contributed by atoms with Crippen molar-refractivity contribution in [2.45, 2.75) is 58.6 Å². The van der Waals surface area contributed by atoms with Gasteiger partial charge in [-0.3, -0.25) is 14.5 Å². The highest BCUT2D eigenvalue weighted by atomic mass is 16.6. The maximum Gasteiger partial charge on any atom is 0.410 e. The van der Waals surface area contributed by atoms with Gasteiger partial charge >= 0.3 is 6.09 Å². The van der Waals surface area contributed by atoms with Gasteiger partial charge in [-0.25, -0.2) is 4.79 Å². The van der Waals surface area contributed by atoms with Gasteiger partial charge in [0.2, 0.25) is 11.8 Å². The Balaban J connectivity index is 2.03. The Morgan fingerprint density at radius 1 is 1.19 bits per heavy atom. The van der Waals surface area contributed by atoms with Gasteiger partial charge in [0, 0.05) is 24.3 Å². The summed E-state index contributed by atoms with van der Waals surface area (Å²) < 4.78 is 5.39. The first-order chi connectivity index (χ1) is 12.2. The molecule has 142 valence electrons. The van der Waals surface area contributed by atoms with Crippen molar-refractivity contribution in [1.82, 2.24) is 4.90 Å². The lowest BCUT2D eigenvalue weighted by molar-refractivity contribution is -0.120. The van der Waals surface area contributed by atoms with E-state index in [0.29, 0.717) is 30.8 Å². The maximum absolute atomic E-state index is 12.6. The van der Waals surface area contributed by atoms with Gasteiger partial charge in [0.05, 0.1) is 0 Å². The SMILES string of the molecule is CCC(=O)Nc1cccc(NC(=O)C2CCCN2C(=O)OC(C)(C)C)c1. The van der Waals surface area contributed by atoms with Crippen molar-refractivity contribution >= 4 is 29.3 Å². The van der Waals surface area contributed by atoms with E-state index < -0.39 is 17.7 Å². The highest BCUT2D eigenvalue weighted by molar-refractivity contribution is 5.98. The van der Waals surface area contributed by atoms with E-state index in [4.69, 9.17) is 4.74 Å². The van der Waals surface area contributed by atoms with Crippen molar-refractivity contribution < 1.29 is 19.1 Å². The average Bonchev–Trinajstić information content (AvgIpc) is 3.03. The number of ether oxygens (including phenoxy) is 1. The fourth-order valence-electron chi connectivity index (χ4n) is 2.73. The smallest absolute Gasteiger partial charge is 0.410 e. The molecule has 7 nitrogen and oxygen atoms in total. The minimum atomic E-state index is -0.605. The Labute approximate surface area is 154 Å². The van der Waals surface area contributed by atoms with Crippen LogP contribution in [-0.2, 0) is 14.3 Å². The number of benzene rings is 1. The summed E-state index contributed by atoms with van der Waals surface area (Å²) in [7, 11) is 0. The molecule has 0 aromatic heterocycles. The quantitative estimate of drug-likeness (QED) is 0.861. The topological polar surface area (TPSA) is 87.7 Å². The van der Waals surface area contributed by atoms with Crippen molar-refractivity contribution in [3.05, 3.63) is 24.3 Å². The number of rotatable bonds is 4. The van der Waals surface area contributed by atoms with Crippen LogP contribution in [0.15, 0.2) is 24.3 Å². The third-order valence-electron chi connectivity index (χ3n) is 3.92. The summed E-state index contributed by atoms with van der Waals surface area (Å²) in [4.78, 5) is 37.9. The fraction of sp³-hybridized carbons (Fsp3) is 0.526.